The predicted molar refractivity (Wildman–Crippen MR) is 112 cm³/mol. The van der Waals surface area contributed by atoms with E-state index in [0.717, 1.165) is 69.9 Å². The molecule has 29 heavy (non-hydrogen) atoms. The number of nitrogens with zero attached hydrogens (tertiary/aromatic N) is 4. The fraction of sp³-hybridized carbons (Fsp3) is 0.682. The molecular formula is C22H31N5O2. The van der Waals surface area contributed by atoms with Gasteiger partial charge in [0.15, 0.2) is 0 Å². The summed E-state index contributed by atoms with van der Waals surface area (Å²) >= 11 is 0. The molecule has 1 aromatic heterocycles. The number of carbonyl (C=O) groups is 2. The Bertz CT molecular complexity index is 755. The van der Waals surface area contributed by atoms with Crippen LogP contribution in [0.1, 0.15) is 44.9 Å². The van der Waals surface area contributed by atoms with Crippen LogP contribution >= 0.6 is 0 Å². The normalized spacial score (nSPS) is 27.6. The molecule has 1 saturated carbocycles. The molecule has 4 heterocycles. The summed E-state index contributed by atoms with van der Waals surface area (Å²) in [5.74, 6) is 1.65. The van der Waals surface area contributed by atoms with Crippen LogP contribution in [0.2, 0.25) is 0 Å². The second kappa shape index (κ2) is 7.94. The summed E-state index contributed by atoms with van der Waals surface area (Å²) < 4.78 is 0. The van der Waals surface area contributed by atoms with Crippen LogP contribution in [0.3, 0.4) is 0 Å². The Kier molecular flexibility index (Phi) is 5.16. The number of hydrogen-bond acceptors (Lipinski definition) is 5. The average Bonchev–Trinajstić information content (AvgIpc) is 3.52. The molecule has 0 spiro atoms. The van der Waals surface area contributed by atoms with E-state index in [1.165, 1.54) is 19.3 Å². The summed E-state index contributed by atoms with van der Waals surface area (Å²) in [7, 11) is 0. The number of pyridine rings is 1. The molecule has 4 fully saturated rings. The molecular weight excluding hydrogens is 366 g/mol. The molecule has 3 saturated heterocycles. The molecule has 3 aliphatic heterocycles. The van der Waals surface area contributed by atoms with Crippen LogP contribution in [0.15, 0.2) is 18.3 Å². The van der Waals surface area contributed by atoms with Gasteiger partial charge >= 0.3 is 0 Å². The fourth-order valence-corrected chi connectivity index (χ4v) is 5.16. The van der Waals surface area contributed by atoms with Gasteiger partial charge in [-0.1, -0.05) is 6.42 Å². The van der Waals surface area contributed by atoms with Gasteiger partial charge in [0.1, 0.15) is 5.82 Å². The van der Waals surface area contributed by atoms with Gasteiger partial charge in [0.05, 0.1) is 17.9 Å². The van der Waals surface area contributed by atoms with Crippen molar-refractivity contribution >= 4 is 23.3 Å². The average molecular weight is 398 g/mol. The van der Waals surface area contributed by atoms with Gasteiger partial charge in [-0.15, -0.1) is 0 Å². The van der Waals surface area contributed by atoms with Crippen LogP contribution in [0.4, 0.5) is 11.5 Å². The summed E-state index contributed by atoms with van der Waals surface area (Å²) in [6, 6.07) is 4.54. The smallest absolute Gasteiger partial charge is 0.241 e. The third-order valence-corrected chi connectivity index (χ3v) is 7.01. The summed E-state index contributed by atoms with van der Waals surface area (Å²) in [6.07, 6.45) is 9.73. The molecule has 7 heteroatoms. The molecule has 7 nitrogen and oxygen atoms in total. The summed E-state index contributed by atoms with van der Waals surface area (Å²) in [4.78, 5) is 36.2. The lowest BCUT2D eigenvalue weighted by atomic mass is 10.0. The third-order valence-electron chi connectivity index (χ3n) is 7.01. The van der Waals surface area contributed by atoms with Gasteiger partial charge in [0.25, 0.3) is 0 Å². The minimum Gasteiger partial charge on any atom is -0.353 e. The largest absolute Gasteiger partial charge is 0.353 e. The van der Waals surface area contributed by atoms with Crippen LogP contribution in [0.5, 0.6) is 0 Å². The zero-order chi connectivity index (χ0) is 19.8. The van der Waals surface area contributed by atoms with Crippen molar-refractivity contribution in [3.63, 3.8) is 0 Å². The van der Waals surface area contributed by atoms with Crippen LogP contribution in [-0.4, -0.2) is 71.4 Å². The summed E-state index contributed by atoms with van der Waals surface area (Å²) in [6.45, 7) is 4.22. The van der Waals surface area contributed by atoms with E-state index in [1.807, 2.05) is 17.0 Å². The number of nitrogens with one attached hydrogen (secondary N) is 1. The van der Waals surface area contributed by atoms with E-state index in [-0.39, 0.29) is 11.9 Å². The molecule has 1 aliphatic carbocycles. The summed E-state index contributed by atoms with van der Waals surface area (Å²) in [5.41, 5.74) is 0.766. The molecule has 2 unspecified atom stereocenters. The van der Waals surface area contributed by atoms with Crippen molar-refractivity contribution in [3.05, 3.63) is 18.3 Å². The zero-order valence-electron chi connectivity index (χ0n) is 17.1. The molecule has 156 valence electrons. The monoisotopic (exact) mass is 397 g/mol. The maximum atomic E-state index is 12.8. The van der Waals surface area contributed by atoms with Crippen LogP contribution < -0.4 is 10.2 Å². The molecule has 0 aromatic carbocycles. The fourth-order valence-electron chi connectivity index (χ4n) is 5.16. The van der Waals surface area contributed by atoms with E-state index in [4.69, 9.17) is 0 Å². The Morgan fingerprint density at radius 1 is 0.931 bits per heavy atom. The lowest BCUT2D eigenvalue weighted by molar-refractivity contribution is -0.132. The summed E-state index contributed by atoms with van der Waals surface area (Å²) in [5, 5.41) is 3.07. The van der Waals surface area contributed by atoms with Gasteiger partial charge in [0.2, 0.25) is 11.8 Å². The van der Waals surface area contributed by atoms with Gasteiger partial charge in [-0.05, 0) is 57.2 Å². The van der Waals surface area contributed by atoms with Gasteiger partial charge in [0, 0.05) is 38.1 Å². The Morgan fingerprint density at radius 2 is 1.76 bits per heavy atom. The number of piperazine rings is 1. The van der Waals surface area contributed by atoms with Gasteiger partial charge < -0.3 is 15.1 Å². The van der Waals surface area contributed by atoms with E-state index >= 15 is 0 Å². The van der Waals surface area contributed by atoms with Crippen molar-refractivity contribution < 1.29 is 9.59 Å². The molecule has 2 amide bonds. The second-order valence-corrected chi connectivity index (χ2v) is 8.96. The lowest BCUT2D eigenvalue weighted by Gasteiger charge is -2.35. The van der Waals surface area contributed by atoms with E-state index < -0.39 is 0 Å². The van der Waals surface area contributed by atoms with Crippen molar-refractivity contribution in [1.82, 2.24) is 14.8 Å². The first-order chi connectivity index (χ1) is 14.2. The quantitative estimate of drug-likeness (QED) is 0.843. The van der Waals surface area contributed by atoms with Crippen molar-refractivity contribution in [1.29, 1.82) is 0 Å². The minimum absolute atomic E-state index is 0.0112. The number of aromatic nitrogens is 1. The molecule has 4 aliphatic rings. The molecule has 1 N–H and O–H groups in total. The van der Waals surface area contributed by atoms with Gasteiger partial charge in [-0.25, -0.2) is 4.98 Å². The van der Waals surface area contributed by atoms with Crippen LogP contribution in [0, 0.1) is 5.92 Å². The number of hydrogen-bond donors (Lipinski definition) is 1. The molecule has 0 bridgehead atoms. The van der Waals surface area contributed by atoms with E-state index in [2.05, 4.69) is 20.1 Å². The second-order valence-electron chi connectivity index (χ2n) is 8.96. The first-order valence-electron chi connectivity index (χ1n) is 11.3. The number of amides is 2. The van der Waals surface area contributed by atoms with Crippen LogP contribution in [0.25, 0.3) is 0 Å². The third kappa shape index (κ3) is 3.97. The maximum Gasteiger partial charge on any atom is 0.241 e. The number of fused-ring (bicyclic) bond motifs is 1. The zero-order valence-corrected chi connectivity index (χ0v) is 17.1. The van der Waals surface area contributed by atoms with E-state index in [9.17, 15) is 9.59 Å². The Morgan fingerprint density at radius 3 is 2.48 bits per heavy atom. The Labute approximate surface area is 172 Å². The molecule has 2 atom stereocenters. The highest BCUT2D eigenvalue weighted by atomic mass is 16.2. The Balaban J connectivity index is 1.14. The van der Waals surface area contributed by atoms with Gasteiger partial charge in [-0.3, -0.25) is 14.5 Å². The van der Waals surface area contributed by atoms with Crippen molar-refractivity contribution in [2.75, 3.05) is 42.9 Å². The van der Waals surface area contributed by atoms with Crippen LogP contribution in [-0.2, 0) is 9.59 Å². The molecule has 1 aromatic rings. The van der Waals surface area contributed by atoms with E-state index in [1.54, 1.807) is 6.20 Å². The first-order valence-corrected chi connectivity index (χ1v) is 11.3. The molecule has 5 rings (SSSR count). The molecule has 0 radical (unpaired) electrons. The van der Waals surface area contributed by atoms with Gasteiger partial charge in [-0.2, -0.15) is 0 Å². The number of piperidine rings is 1. The number of carbonyl (C=O) groups excluding carboxylic acids is 2. The lowest BCUT2D eigenvalue weighted by Crippen LogP contribution is -2.49. The predicted octanol–water partition coefficient (Wildman–Crippen LogP) is 2.10. The SMILES string of the molecule is O=C(Nc1ccc(N2CCN(C(=O)C3CC3)CC2)nc1)C1CCC2CCCCN21. The minimum atomic E-state index is 0.0112. The Hall–Kier alpha value is -2.15. The van der Waals surface area contributed by atoms with E-state index in [0.29, 0.717) is 17.9 Å². The van der Waals surface area contributed by atoms with Crippen molar-refractivity contribution in [2.24, 2.45) is 5.92 Å². The number of rotatable bonds is 4. The first kappa shape index (κ1) is 18.9. The topological polar surface area (TPSA) is 68.8 Å². The highest BCUT2D eigenvalue weighted by molar-refractivity contribution is 5.95. The standard InChI is InChI=1S/C22H31N5O2/c28-21(19-8-7-18-3-1-2-10-27(18)19)24-17-6-9-20(23-15-17)25-11-13-26(14-12-25)22(29)16-4-5-16/h6,9,15-16,18-19H,1-5,7-8,10-14H2,(H,24,28). The highest BCUT2D eigenvalue weighted by Crippen LogP contribution is 2.33. The van der Waals surface area contributed by atoms with Crippen molar-refractivity contribution in [2.45, 2.75) is 57.0 Å². The number of anilines is 2. The van der Waals surface area contributed by atoms with Crippen molar-refractivity contribution in [3.8, 4) is 0 Å². The highest BCUT2D eigenvalue weighted by Gasteiger charge is 2.38. The maximum absolute atomic E-state index is 12.8.